The molecule has 0 saturated heterocycles. The minimum Gasteiger partial charge on any atom is -0.493 e. The number of hydrogen-bond donors (Lipinski definition) is 1. The second kappa shape index (κ2) is 6.12. The number of hydrogen-bond acceptors (Lipinski definition) is 2. The molecule has 0 bridgehead atoms. The van der Waals surface area contributed by atoms with Crippen LogP contribution in [0.3, 0.4) is 0 Å². The van der Waals surface area contributed by atoms with Crippen LogP contribution in [0.4, 0.5) is 5.69 Å². The highest BCUT2D eigenvalue weighted by molar-refractivity contribution is 14.1. The number of anilines is 1. The molecule has 1 heterocycles. The van der Waals surface area contributed by atoms with Gasteiger partial charge in [0.25, 0.3) is 0 Å². The molecule has 1 aliphatic rings. The molecule has 1 atom stereocenters. The van der Waals surface area contributed by atoms with Gasteiger partial charge >= 0.3 is 0 Å². The first-order valence-electron chi connectivity index (χ1n) is 6.27. The van der Waals surface area contributed by atoms with E-state index in [1.165, 1.54) is 5.56 Å². The van der Waals surface area contributed by atoms with Gasteiger partial charge in [-0.25, -0.2) is 0 Å². The monoisotopic (exact) mass is 463 g/mol. The van der Waals surface area contributed by atoms with E-state index in [0.717, 1.165) is 30.9 Å². The third-order valence-electron chi connectivity index (χ3n) is 3.27. The molecule has 0 aliphatic carbocycles. The zero-order chi connectivity index (χ0) is 14.1. The topological polar surface area (TPSA) is 21.3 Å². The SMILES string of the molecule is Clc1cc(I)ccc1NC1CCOc2ccc(Br)cc21. The molecule has 1 N–H and O–H groups in total. The third kappa shape index (κ3) is 3.07. The number of fused-ring (bicyclic) bond motifs is 1. The lowest BCUT2D eigenvalue weighted by Gasteiger charge is -2.28. The largest absolute Gasteiger partial charge is 0.493 e. The second-order valence-electron chi connectivity index (χ2n) is 4.64. The van der Waals surface area contributed by atoms with Crippen molar-refractivity contribution in [2.75, 3.05) is 11.9 Å². The Bertz CT molecular complexity index is 650. The summed E-state index contributed by atoms with van der Waals surface area (Å²) in [4.78, 5) is 0. The van der Waals surface area contributed by atoms with Crippen LogP contribution >= 0.6 is 50.1 Å². The number of ether oxygens (including phenoxy) is 1. The van der Waals surface area contributed by atoms with E-state index >= 15 is 0 Å². The van der Waals surface area contributed by atoms with Crippen LogP contribution in [0, 0.1) is 3.57 Å². The molecule has 0 amide bonds. The first-order valence-corrected chi connectivity index (χ1v) is 8.52. The van der Waals surface area contributed by atoms with Crippen molar-refractivity contribution in [3.63, 3.8) is 0 Å². The van der Waals surface area contributed by atoms with Crippen molar-refractivity contribution in [2.24, 2.45) is 0 Å². The fourth-order valence-electron chi connectivity index (χ4n) is 2.31. The summed E-state index contributed by atoms with van der Waals surface area (Å²) in [6.45, 7) is 0.717. The lowest BCUT2D eigenvalue weighted by molar-refractivity contribution is 0.274. The summed E-state index contributed by atoms with van der Waals surface area (Å²) >= 11 is 12.1. The minimum absolute atomic E-state index is 0.216. The highest BCUT2D eigenvalue weighted by Gasteiger charge is 2.22. The van der Waals surface area contributed by atoms with Crippen molar-refractivity contribution < 1.29 is 4.74 Å². The average molecular weight is 465 g/mol. The maximum Gasteiger partial charge on any atom is 0.124 e. The van der Waals surface area contributed by atoms with Gasteiger partial charge < -0.3 is 10.1 Å². The molecule has 20 heavy (non-hydrogen) atoms. The van der Waals surface area contributed by atoms with Crippen LogP contribution in [0.5, 0.6) is 5.75 Å². The Morgan fingerprint density at radius 1 is 1.25 bits per heavy atom. The van der Waals surface area contributed by atoms with Gasteiger partial charge in [0.2, 0.25) is 0 Å². The predicted octanol–water partition coefficient (Wildman–Crippen LogP) is 5.64. The Morgan fingerprint density at radius 2 is 2.10 bits per heavy atom. The van der Waals surface area contributed by atoms with E-state index in [0.29, 0.717) is 6.61 Å². The molecule has 2 nitrogen and oxygen atoms in total. The Balaban J connectivity index is 1.91. The predicted molar refractivity (Wildman–Crippen MR) is 94.8 cm³/mol. The number of halogens is 3. The molecule has 2 aromatic rings. The van der Waals surface area contributed by atoms with Gasteiger partial charge in [-0.15, -0.1) is 0 Å². The van der Waals surface area contributed by atoms with Gasteiger partial charge in [0.05, 0.1) is 23.4 Å². The van der Waals surface area contributed by atoms with E-state index in [4.69, 9.17) is 16.3 Å². The quantitative estimate of drug-likeness (QED) is 0.581. The van der Waals surface area contributed by atoms with E-state index < -0.39 is 0 Å². The Hall–Kier alpha value is -0.460. The van der Waals surface area contributed by atoms with Gasteiger partial charge in [-0.05, 0) is 59.0 Å². The molecule has 5 heteroatoms. The Morgan fingerprint density at radius 3 is 2.90 bits per heavy atom. The summed E-state index contributed by atoms with van der Waals surface area (Å²) in [6.07, 6.45) is 0.922. The lowest BCUT2D eigenvalue weighted by Crippen LogP contribution is -2.20. The maximum atomic E-state index is 6.30. The van der Waals surface area contributed by atoms with Crippen molar-refractivity contribution in [1.82, 2.24) is 0 Å². The van der Waals surface area contributed by atoms with Crippen LogP contribution in [0.1, 0.15) is 18.0 Å². The van der Waals surface area contributed by atoms with Crippen LogP contribution in [-0.4, -0.2) is 6.61 Å². The highest BCUT2D eigenvalue weighted by Crippen LogP contribution is 2.37. The molecule has 0 fully saturated rings. The van der Waals surface area contributed by atoms with Crippen molar-refractivity contribution in [3.05, 3.63) is 55.0 Å². The zero-order valence-electron chi connectivity index (χ0n) is 10.5. The van der Waals surface area contributed by atoms with Crippen molar-refractivity contribution in [2.45, 2.75) is 12.5 Å². The molecular formula is C15H12BrClINO. The normalized spacial score (nSPS) is 17.2. The zero-order valence-corrected chi connectivity index (χ0v) is 15.0. The van der Waals surface area contributed by atoms with Gasteiger partial charge in [-0.2, -0.15) is 0 Å². The van der Waals surface area contributed by atoms with E-state index in [1.807, 2.05) is 24.3 Å². The average Bonchev–Trinajstić information content (AvgIpc) is 2.42. The summed E-state index contributed by atoms with van der Waals surface area (Å²) in [7, 11) is 0. The van der Waals surface area contributed by atoms with Crippen molar-refractivity contribution in [1.29, 1.82) is 0 Å². The van der Waals surface area contributed by atoms with E-state index in [9.17, 15) is 0 Å². The molecule has 0 spiro atoms. The first kappa shape index (κ1) is 14.5. The number of nitrogens with one attached hydrogen (secondary N) is 1. The van der Waals surface area contributed by atoms with E-state index in [-0.39, 0.29) is 6.04 Å². The molecule has 0 saturated carbocycles. The highest BCUT2D eigenvalue weighted by atomic mass is 127. The third-order valence-corrected chi connectivity index (χ3v) is 4.75. The van der Waals surface area contributed by atoms with Crippen LogP contribution in [-0.2, 0) is 0 Å². The summed E-state index contributed by atoms with van der Waals surface area (Å²) in [5.41, 5.74) is 2.13. The molecule has 1 aliphatic heterocycles. The fourth-order valence-corrected chi connectivity index (χ4v) is 3.60. The molecular weight excluding hydrogens is 452 g/mol. The number of benzene rings is 2. The summed E-state index contributed by atoms with van der Waals surface area (Å²) in [5.74, 6) is 0.943. The second-order valence-corrected chi connectivity index (χ2v) is 7.21. The Kier molecular flexibility index (Phi) is 4.43. The van der Waals surface area contributed by atoms with Gasteiger partial charge in [-0.1, -0.05) is 27.5 Å². The molecule has 2 aromatic carbocycles. The summed E-state index contributed by atoms with van der Waals surface area (Å²) < 4.78 is 7.89. The van der Waals surface area contributed by atoms with Crippen LogP contribution in [0.25, 0.3) is 0 Å². The van der Waals surface area contributed by atoms with Gasteiger partial charge in [0.1, 0.15) is 5.75 Å². The molecule has 0 aromatic heterocycles. The maximum absolute atomic E-state index is 6.30. The summed E-state index contributed by atoms with van der Waals surface area (Å²) in [6, 6.07) is 12.4. The van der Waals surface area contributed by atoms with Crippen LogP contribution < -0.4 is 10.1 Å². The van der Waals surface area contributed by atoms with Gasteiger partial charge in [0, 0.05) is 20.0 Å². The van der Waals surface area contributed by atoms with Crippen LogP contribution in [0.15, 0.2) is 40.9 Å². The van der Waals surface area contributed by atoms with Crippen molar-refractivity contribution in [3.8, 4) is 5.75 Å². The Labute approximate surface area is 145 Å². The molecule has 0 radical (unpaired) electrons. The molecule has 104 valence electrons. The molecule has 3 rings (SSSR count). The lowest BCUT2D eigenvalue weighted by atomic mass is 10.0. The van der Waals surface area contributed by atoms with E-state index in [1.54, 1.807) is 0 Å². The fraction of sp³-hybridized carbons (Fsp3) is 0.200. The first-order chi connectivity index (χ1) is 9.63. The smallest absolute Gasteiger partial charge is 0.124 e. The van der Waals surface area contributed by atoms with Gasteiger partial charge in [-0.3, -0.25) is 0 Å². The summed E-state index contributed by atoms with van der Waals surface area (Å²) in [5, 5.41) is 4.27. The van der Waals surface area contributed by atoms with Crippen molar-refractivity contribution >= 4 is 55.8 Å². The number of rotatable bonds is 2. The standard InChI is InChI=1S/C15H12BrClINO/c16-9-1-4-15-11(7-9)13(5-6-20-15)19-14-3-2-10(18)8-12(14)17/h1-4,7-8,13,19H,5-6H2. The van der Waals surface area contributed by atoms with E-state index in [2.05, 4.69) is 56.0 Å². The van der Waals surface area contributed by atoms with Crippen LogP contribution in [0.2, 0.25) is 5.02 Å². The van der Waals surface area contributed by atoms with Gasteiger partial charge in [0.15, 0.2) is 0 Å². The molecule has 1 unspecified atom stereocenters. The minimum atomic E-state index is 0.216.